The first-order valence-corrected chi connectivity index (χ1v) is 6.97. The highest BCUT2D eigenvalue weighted by Gasteiger charge is 2.19. The molecule has 104 valence electrons. The molecule has 3 N–H and O–H groups in total. The van der Waals surface area contributed by atoms with Gasteiger partial charge < -0.3 is 11.1 Å². The van der Waals surface area contributed by atoms with Gasteiger partial charge in [-0.1, -0.05) is 17.7 Å². The van der Waals surface area contributed by atoms with E-state index in [2.05, 4.69) is 10.2 Å². The van der Waals surface area contributed by atoms with Gasteiger partial charge in [-0.15, -0.1) is 0 Å². The Morgan fingerprint density at radius 1 is 1.58 bits per heavy atom. The summed E-state index contributed by atoms with van der Waals surface area (Å²) in [5.41, 5.74) is 7.58. The van der Waals surface area contributed by atoms with Crippen LogP contribution in [0.1, 0.15) is 18.4 Å². The first-order valence-electron chi connectivity index (χ1n) is 6.59. The van der Waals surface area contributed by atoms with Gasteiger partial charge in [0.05, 0.1) is 6.54 Å². The SMILES string of the molecule is Cc1c(Cl)cccc1NC(=O)CN1CCC[C@@H](N)C1. The highest BCUT2D eigenvalue weighted by atomic mass is 35.5. The van der Waals surface area contributed by atoms with E-state index in [0.717, 1.165) is 37.2 Å². The zero-order valence-corrected chi connectivity index (χ0v) is 11.9. The first-order chi connectivity index (χ1) is 9.06. The molecule has 2 rings (SSSR count). The molecule has 1 aliphatic heterocycles. The fourth-order valence-electron chi connectivity index (χ4n) is 2.37. The molecule has 0 spiro atoms. The number of nitrogens with one attached hydrogen (secondary N) is 1. The van der Waals surface area contributed by atoms with Gasteiger partial charge in [0.15, 0.2) is 0 Å². The molecule has 1 saturated heterocycles. The number of hydrogen-bond donors (Lipinski definition) is 2. The molecule has 0 bridgehead atoms. The van der Waals surface area contributed by atoms with Crippen LogP contribution in [0, 0.1) is 6.92 Å². The smallest absolute Gasteiger partial charge is 0.238 e. The Bertz CT molecular complexity index is 464. The number of nitrogens with zero attached hydrogens (tertiary/aromatic N) is 1. The van der Waals surface area contributed by atoms with Crippen molar-refractivity contribution in [1.82, 2.24) is 4.90 Å². The van der Waals surface area contributed by atoms with Crippen molar-refractivity contribution in [1.29, 1.82) is 0 Å². The molecule has 5 heteroatoms. The summed E-state index contributed by atoms with van der Waals surface area (Å²) in [5, 5.41) is 3.57. The maximum Gasteiger partial charge on any atom is 0.238 e. The summed E-state index contributed by atoms with van der Waals surface area (Å²) in [7, 11) is 0. The van der Waals surface area contributed by atoms with Crippen LogP contribution in [-0.4, -0.2) is 36.5 Å². The molecule has 1 aliphatic rings. The lowest BCUT2D eigenvalue weighted by Crippen LogP contribution is -2.45. The summed E-state index contributed by atoms with van der Waals surface area (Å²) in [4.78, 5) is 14.1. The van der Waals surface area contributed by atoms with Crippen molar-refractivity contribution < 1.29 is 4.79 Å². The van der Waals surface area contributed by atoms with E-state index in [-0.39, 0.29) is 11.9 Å². The zero-order chi connectivity index (χ0) is 13.8. The third-order valence-corrected chi connectivity index (χ3v) is 3.86. The van der Waals surface area contributed by atoms with Gasteiger partial charge in [-0.05, 0) is 44.0 Å². The lowest BCUT2D eigenvalue weighted by Gasteiger charge is -2.30. The summed E-state index contributed by atoms with van der Waals surface area (Å²) in [6.07, 6.45) is 2.11. The number of nitrogens with two attached hydrogens (primary N) is 1. The van der Waals surface area contributed by atoms with Crippen LogP contribution in [0.25, 0.3) is 0 Å². The summed E-state index contributed by atoms with van der Waals surface area (Å²) in [6, 6.07) is 5.70. The molecule has 4 nitrogen and oxygen atoms in total. The van der Waals surface area contributed by atoms with Gasteiger partial charge in [0.25, 0.3) is 0 Å². The average molecular weight is 282 g/mol. The molecular weight excluding hydrogens is 262 g/mol. The van der Waals surface area contributed by atoms with Crippen molar-refractivity contribution in [3.8, 4) is 0 Å². The number of halogens is 1. The molecule has 0 unspecified atom stereocenters. The number of anilines is 1. The normalized spacial score (nSPS) is 20.3. The third-order valence-electron chi connectivity index (χ3n) is 3.45. The lowest BCUT2D eigenvalue weighted by molar-refractivity contribution is -0.117. The Hall–Kier alpha value is -1.10. The summed E-state index contributed by atoms with van der Waals surface area (Å²) in [6.45, 7) is 4.02. The zero-order valence-electron chi connectivity index (χ0n) is 11.2. The molecule has 1 heterocycles. The van der Waals surface area contributed by atoms with Crippen LogP contribution >= 0.6 is 11.6 Å². The van der Waals surface area contributed by atoms with E-state index in [1.807, 2.05) is 25.1 Å². The van der Waals surface area contributed by atoms with Crippen LogP contribution < -0.4 is 11.1 Å². The number of benzene rings is 1. The van der Waals surface area contributed by atoms with Crippen molar-refractivity contribution in [3.05, 3.63) is 28.8 Å². The second-order valence-corrected chi connectivity index (χ2v) is 5.51. The second-order valence-electron chi connectivity index (χ2n) is 5.10. The maximum atomic E-state index is 12.0. The van der Waals surface area contributed by atoms with E-state index >= 15 is 0 Å². The van der Waals surface area contributed by atoms with Gasteiger partial charge in [0, 0.05) is 23.3 Å². The van der Waals surface area contributed by atoms with Crippen LogP contribution in [-0.2, 0) is 4.79 Å². The Balaban J connectivity index is 1.92. The van der Waals surface area contributed by atoms with Gasteiger partial charge in [-0.3, -0.25) is 9.69 Å². The Morgan fingerprint density at radius 3 is 3.11 bits per heavy atom. The van der Waals surface area contributed by atoms with Crippen LogP contribution in [0.3, 0.4) is 0 Å². The molecule has 0 aliphatic carbocycles. The second kappa shape index (κ2) is 6.37. The van der Waals surface area contributed by atoms with Crippen molar-refractivity contribution in [2.24, 2.45) is 5.73 Å². The number of rotatable bonds is 3. The van der Waals surface area contributed by atoms with E-state index < -0.39 is 0 Å². The highest BCUT2D eigenvalue weighted by molar-refractivity contribution is 6.31. The molecule has 1 fully saturated rings. The minimum atomic E-state index is -0.0144. The first kappa shape index (κ1) is 14.3. The fraction of sp³-hybridized carbons (Fsp3) is 0.500. The molecule has 1 aromatic carbocycles. The number of carbonyl (C=O) groups excluding carboxylic acids is 1. The summed E-state index contributed by atoms with van der Waals surface area (Å²) in [5.74, 6) is -0.0144. The van der Waals surface area contributed by atoms with E-state index in [1.165, 1.54) is 0 Å². The minimum absolute atomic E-state index is 0.0144. The summed E-state index contributed by atoms with van der Waals surface area (Å²) >= 11 is 6.03. The van der Waals surface area contributed by atoms with E-state index in [9.17, 15) is 4.79 Å². The van der Waals surface area contributed by atoms with Crippen LogP contribution in [0.4, 0.5) is 5.69 Å². The third kappa shape index (κ3) is 3.93. The molecule has 1 aromatic rings. The van der Waals surface area contributed by atoms with Crippen molar-refractivity contribution in [2.75, 3.05) is 25.0 Å². The topological polar surface area (TPSA) is 58.4 Å². The van der Waals surface area contributed by atoms with E-state index in [0.29, 0.717) is 11.6 Å². The van der Waals surface area contributed by atoms with Gasteiger partial charge in [-0.25, -0.2) is 0 Å². The number of likely N-dealkylation sites (tertiary alicyclic amines) is 1. The van der Waals surface area contributed by atoms with E-state index in [1.54, 1.807) is 0 Å². The van der Waals surface area contributed by atoms with E-state index in [4.69, 9.17) is 17.3 Å². The number of carbonyl (C=O) groups is 1. The van der Waals surface area contributed by atoms with Crippen LogP contribution in [0.2, 0.25) is 5.02 Å². The Kier molecular flexibility index (Phi) is 4.80. The minimum Gasteiger partial charge on any atom is -0.327 e. The molecule has 0 aromatic heterocycles. The Labute approximate surface area is 118 Å². The number of hydrogen-bond acceptors (Lipinski definition) is 3. The van der Waals surface area contributed by atoms with Crippen molar-refractivity contribution in [2.45, 2.75) is 25.8 Å². The Morgan fingerprint density at radius 2 is 2.37 bits per heavy atom. The average Bonchev–Trinajstić information content (AvgIpc) is 2.35. The monoisotopic (exact) mass is 281 g/mol. The molecular formula is C14H20ClN3O. The van der Waals surface area contributed by atoms with Crippen molar-refractivity contribution in [3.63, 3.8) is 0 Å². The van der Waals surface area contributed by atoms with Crippen LogP contribution in [0.5, 0.6) is 0 Å². The predicted molar refractivity (Wildman–Crippen MR) is 78.5 cm³/mol. The van der Waals surface area contributed by atoms with Crippen molar-refractivity contribution >= 4 is 23.2 Å². The quantitative estimate of drug-likeness (QED) is 0.891. The standard InChI is InChI=1S/C14H20ClN3O/c1-10-12(15)5-2-6-13(10)17-14(19)9-18-7-3-4-11(16)8-18/h2,5-6,11H,3-4,7-9,16H2,1H3,(H,17,19)/t11-/m1/s1. The highest BCUT2D eigenvalue weighted by Crippen LogP contribution is 2.22. The molecule has 19 heavy (non-hydrogen) atoms. The lowest BCUT2D eigenvalue weighted by atomic mass is 10.1. The summed E-state index contributed by atoms with van der Waals surface area (Å²) < 4.78 is 0. The molecule has 1 atom stereocenters. The molecule has 0 saturated carbocycles. The fourth-order valence-corrected chi connectivity index (χ4v) is 2.55. The molecule has 1 amide bonds. The largest absolute Gasteiger partial charge is 0.327 e. The number of piperidine rings is 1. The van der Waals surface area contributed by atoms with Gasteiger partial charge in [0.1, 0.15) is 0 Å². The predicted octanol–water partition coefficient (Wildman–Crippen LogP) is 2.01. The van der Waals surface area contributed by atoms with Gasteiger partial charge in [-0.2, -0.15) is 0 Å². The molecule has 0 radical (unpaired) electrons. The maximum absolute atomic E-state index is 12.0. The number of amides is 1. The van der Waals surface area contributed by atoms with Gasteiger partial charge in [0.2, 0.25) is 5.91 Å². The van der Waals surface area contributed by atoms with Gasteiger partial charge >= 0.3 is 0 Å². The van der Waals surface area contributed by atoms with Crippen LogP contribution in [0.15, 0.2) is 18.2 Å².